The van der Waals surface area contributed by atoms with Gasteiger partial charge in [0, 0.05) is 17.6 Å². The smallest absolute Gasteiger partial charge is 0.286 e. The average molecular weight is 441 g/mol. The number of Topliss-reactive ketones (excluding diaryl/α,β-unsaturated/α-hetero) is 1. The lowest BCUT2D eigenvalue weighted by atomic mass is 9.99. The number of aliphatic hydroxyl groups excluding tert-OH is 1. The number of aliphatic hydroxyl groups is 1. The predicted molar refractivity (Wildman–Crippen MR) is 119 cm³/mol. The van der Waals surface area contributed by atoms with Crippen LogP contribution in [0, 0.1) is 20.8 Å². The third kappa shape index (κ3) is 4.34. The predicted octanol–water partition coefficient (Wildman–Crippen LogP) is 2.73. The summed E-state index contributed by atoms with van der Waals surface area (Å²) in [4.78, 5) is 27.7. The molecule has 0 radical (unpaired) electrons. The Bertz CT molecular complexity index is 986. The summed E-state index contributed by atoms with van der Waals surface area (Å²) < 4.78 is 5.79. The van der Waals surface area contributed by atoms with Gasteiger partial charge < -0.3 is 19.7 Å². The van der Waals surface area contributed by atoms with E-state index in [0.717, 1.165) is 54.4 Å². The summed E-state index contributed by atoms with van der Waals surface area (Å²) in [6.45, 7) is 6.65. The van der Waals surface area contributed by atoms with Crippen LogP contribution in [0.5, 0.6) is 0 Å². The normalized spacial score (nSPS) is 20.1. The molecule has 2 N–H and O–H groups in total. The van der Waals surface area contributed by atoms with Crippen LogP contribution >= 0.6 is 0 Å². The SMILES string of the molecule is Cc1cc(C)c(-c2nnc(C(=O)C3CCCN3C(=O)CNC3(CO)CCCC3)o2)c(C)c1. The largest absolute Gasteiger partial charge is 0.413 e. The van der Waals surface area contributed by atoms with E-state index in [9.17, 15) is 14.7 Å². The summed E-state index contributed by atoms with van der Waals surface area (Å²) in [6, 6.07) is 3.50. The van der Waals surface area contributed by atoms with Gasteiger partial charge in [-0.25, -0.2) is 0 Å². The second-order valence-corrected chi connectivity index (χ2v) is 9.29. The van der Waals surface area contributed by atoms with Crippen LogP contribution in [0.3, 0.4) is 0 Å². The van der Waals surface area contributed by atoms with Gasteiger partial charge in [-0.05, 0) is 57.6 Å². The lowest BCUT2D eigenvalue weighted by molar-refractivity contribution is -0.130. The minimum absolute atomic E-state index is 0.0191. The summed E-state index contributed by atoms with van der Waals surface area (Å²) in [5.74, 6) is -0.174. The number of hydrogen-bond donors (Lipinski definition) is 2. The molecule has 0 bridgehead atoms. The van der Waals surface area contributed by atoms with Crippen molar-refractivity contribution in [3.63, 3.8) is 0 Å². The van der Waals surface area contributed by atoms with Crippen LogP contribution in [0.15, 0.2) is 16.5 Å². The van der Waals surface area contributed by atoms with Crippen molar-refractivity contribution < 1.29 is 19.1 Å². The fourth-order valence-corrected chi connectivity index (χ4v) is 5.23. The Hall–Kier alpha value is -2.58. The van der Waals surface area contributed by atoms with Crippen LogP contribution in [0.25, 0.3) is 11.5 Å². The van der Waals surface area contributed by atoms with E-state index in [1.54, 1.807) is 4.90 Å². The molecule has 8 heteroatoms. The summed E-state index contributed by atoms with van der Waals surface area (Å²) >= 11 is 0. The lowest BCUT2D eigenvalue weighted by Gasteiger charge is -2.30. The molecule has 8 nitrogen and oxygen atoms in total. The molecule has 1 unspecified atom stereocenters. The van der Waals surface area contributed by atoms with Gasteiger partial charge in [-0.3, -0.25) is 9.59 Å². The van der Waals surface area contributed by atoms with Gasteiger partial charge in [0.2, 0.25) is 17.6 Å². The molecule has 2 aliphatic rings. The molecule has 1 aliphatic heterocycles. The maximum Gasteiger partial charge on any atom is 0.286 e. The third-order valence-electron chi connectivity index (χ3n) is 6.88. The summed E-state index contributed by atoms with van der Waals surface area (Å²) in [5, 5.41) is 21.2. The van der Waals surface area contributed by atoms with Crippen LogP contribution in [-0.2, 0) is 4.79 Å². The van der Waals surface area contributed by atoms with Gasteiger partial charge in [0.15, 0.2) is 0 Å². The first kappa shape index (κ1) is 22.6. The summed E-state index contributed by atoms with van der Waals surface area (Å²) in [6.07, 6.45) is 5.15. The molecule has 1 amide bonds. The van der Waals surface area contributed by atoms with Gasteiger partial charge in [-0.1, -0.05) is 30.5 Å². The van der Waals surface area contributed by atoms with Crippen LogP contribution in [0.1, 0.15) is 65.9 Å². The van der Waals surface area contributed by atoms with E-state index < -0.39 is 6.04 Å². The van der Waals surface area contributed by atoms with E-state index in [2.05, 4.69) is 15.5 Å². The molecule has 32 heavy (non-hydrogen) atoms. The lowest BCUT2D eigenvalue weighted by Crippen LogP contribution is -2.52. The van der Waals surface area contributed by atoms with E-state index in [-0.39, 0.29) is 36.3 Å². The Labute approximate surface area is 188 Å². The van der Waals surface area contributed by atoms with E-state index in [1.807, 2.05) is 32.9 Å². The third-order valence-corrected chi connectivity index (χ3v) is 6.88. The number of carbonyl (C=O) groups is 2. The van der Waals surface area contributed by atoms with Crippen molar-refractivity contribution in [2.45, 2.75) is 70.9 Å². The van der Waals surface area contributed by atoms with Gasteiger partial charge in [0.1, 0.15) is 6.04 Å². The second-order valence-electron chi connectivity index (χ2n) is 9.29. The number of nitrogens with zero attached hydrogens (tertiary/aromatic N) is 3. The number of likely N-dealkylation sites (tertiary alicyclic amines) is 1. The minimum atomic E-state index is -0.591. The van der Waals surface area contributed by atoms with Gasteiger partial charge in [0.05, 0.1) is 13.2 Å². The Balaban J connectivity index is 1.47. The zero-order chi connectivity index (χ0) is 22.9. The molecule has 2 aromatic rings. The first-order valence-electron chi connectivity index (χ1n) is 11.4. The Kier molecular flexibility index (Phi) is 6.44. The van der Waals surface area contributed by atoms with Crippen molar-refractivity contribution in [1.29, 1.82) is 0 Å². The topological polar surface area (TPSA) is 109 Å². The van der Waals surface area contributed by atoms with E-state index >= 15 is 0 Å². The van der Waals surface area contributed by atoms with Crippen LogP contribution < -0.4 is 5.32 Å². The maximum atomic E-state index is 13.2. The van der Waals surface area contributed by atoms with Gasteiger partial charge >= 0.3 is 0 Å². The van der Waals surface area contributed by atoms with Crippen molar-refractivity contribution in [2.75, 3.05) is 19.7 Å². The van der Waals surface area contributed by atoms with Crippen LogP contribution in [0.4, 0.5) is 0 Å². The Morgan fingerprint density at radius 3 is 2.50 bits per heavy atom. The number of nitrogens with one attached hydrogen (secondary N) is 1. The number of benzene rings is 1. The highest BCUT2D eigenvalue weighted by atomic mass is 16.4. The number of hydrogen-bond acceptors (Lipinski definition) is 7. The van der Waals surface area contributed by atoms with Crippen LogP contribution in [0.2, 0.25) is 0 Å². The summed E-state index contributed by atoms with van der Waals surface area (Å²) in [5.41, 5.74) is 3.64. The molecular weight excluding hydrogens is 408 g/mol. The number of rotatable bonds is 7. The molecule has 1 aliphatic carbocycles. The van der Waals surface area contributed by atoms with Crippen molar-refractivity contribution in [3.8, 4) is 11.5 Å². The van der Waals surface area contributed by atoms with Crippen molar-refractivity contribution >= 4 is 11.7 Å². The minimum Gasteiger partial charge on any atom is -0.413 e. The molecule has 2 fully saturated rings. The van der Waals surface area contributed by atoms with Gasteiger partial charge in [-0.15, -0.1) is 10.2 Å². The number of aryl methyl sites for hydroxylation is 3. The molecule has 172 valence electrons. The van der Waals surface area contributed by atoms with Crippen molar-refractivity contribution in [3.05, 3.63) is 34.7 Å². The molecular formula is C24H32N4O4. The number of ketones is 1. The molecule has 4 rings (SSSR count). The molecule has 2 heterocycles. The highest BCUT2D eigenvalue weighted by Crippen LogP contribution is 2.30. The van der Waals surface area contributed by atoms with Gasteiger partial charge in [-0.2, -0.15) is 0 Å². The standard InChI is InChI=1S/C24H32N4O4/c1-15-11-16(2)20(17(3)12-15)22-26-27-23(32-22)21(31)18-7-6-10-28(18)19(30)13-25-24(14-29)8-4-5-9-24/h11-12,18,25,29H,4-10,13-14H2,1-3H3. The monoisotopic (exact) mass is 440 g/mol. The first-order valence-corrected chi connectivity index (χ1v) is 11.4. The van der Waals surface area contributed by atoms with E-state index in [4.69, 9.17) is 4.42 Å². The molecule has 1 saturated carbocycles. The van der Waals surface area contributed by atoms with E-state index in [0.29, 0.717) is 18.9 Å². The summed E-state index contributed by atoms with van der Waals surface area (Å²) in [7, 11) is 0. The zero-order valence-corrected chi connectivity index (χ0v) is 19.1. The number of carbonyl (C=O) groups excluding carboxylic acids is 2. The molecule has 1 aromatic carbocycles. The Morgan fingerprint density at radius 2 is 1.84 bits per heavy atom. The van der Waals surface area contributed by atoms with Crippen LogP contribution in [-0.4, -0.2) is 63.2 Å². The number of aromatic nitrogens is 2. The number of amides is 1. The maximum absolute atomic E-state index is 13.2. The highest BCUT2D eigenvalue weighted by molar-refractivity contribution is 5.99. The average Bonchev–Trinajstić information content (AvgIpc) is 3.52. The second kappa shape index (κ2) is 9.11. The Morgan fingerprint density at radius 1 is 1.16 bits per heavy atom. The van der Waals surface area contributed by atoms with E-state index in [1.165, 1.54) is 0 Å². The van der Waals surface area contributed by atoms with Crippen molar-refractivity contribution in [2.24, 2.45) is 0 Å². The highest BCUT2D eigenvalue weighted by Gasteiger charge is 2.39. The zero-order valence-electron chi connectivity index (χ0n) is 19.1. The fourth-order valence-electron chi connectivity index (χ4n) is 5.23. The van der Waals surface area contributed by atoms with Gasteiger partial charge in [0.25, 0.3) is 5.89 Å². The first-order chi connectivity index (χ1) is 15.3. The molecule has 0 spiro atoms. The quantitative estimate of drug-likeness (QED) is 0.637. The fraction of sp³-hybridized carbons (Fsp3) is 0.583. The van der Waals surface area contributed by atoms with Crippen molar-refractivity contribution in [1.82, 2.24) is 20.4 Å². The molecule has 1 aromatic heterocycles. The molecule has 1 atom stereocenters. The molecule has 1 saturated heterocycles.